The Balaban J connectivity index is 2.47. The van der Waals surface area contributed by atoms with E-state index >= 15 is 0 Å². The molecule has 1 aromatic carbocycles. The molecule has 2 rings (SSSR count). The lowest BCUT2D eigenvalue weighted by atomic mass is 10.1. The van der Waals surface area contributed by atoms with Crippen molar-refractivity contribution < 1.29 is 13.5 Å². The zero-order valence-corrected chi connectivity index (χ0v) is 10.2. The fourth-order valence-electron chi connectivity index (χ4n) is 1.42. The first-order valence-electron chi connectivity index (χ1n) is 4.82. The molecule has 0 saturated carbocycles. The maximum Gasteiger partial charge on any atom is 0.387 e. The first kappa shape index (κ1) is 12.0. The Morgan fingerprint density at radius 3 is 2.65 bits per heavy atom. The van der Waals surface area contributed by atoms with E-state index in [-0.39, 0.29) is 5.75 Å². The minimum atomic E-state index is -2.85. The molecule has 0 unspecified atom stereocenters. The topological polar surface area (TPSA) is 22.1 Å². The Kier molecular flexibility index (Phi) is 3.68. The van der Waals surface area contributed by atoms with Gasteiger partial charge in [0, 0.05) is 16.2 Å². The van der Waals surface area contributed by atoms with Gasteiger partial charge in [0.2, 0.25) is 0 Å². The zero-order valence-electron chi connectivity index (χ0n) is 8.61. The van der Waals surface area contributed by atoms with Crippen LogP contribution in [-0.4, -0.2) is 11.6 Å². The van der Waals surface area contributed by atoms with E-state index in [4.69, 9.17) is 0 Å². The summed E-state index contributed by atoms with van der Waals surface area (Å²) in [4.78, 5) is 4.11. The van der Waals surface area contributed by atoms with Gasteiger partial charge in [0.1, 0.15) is 5.75 Å². The molecule has 0 aliphatic heterocycles. The van der Waals surface area contributed by atoms with Gasteiger partial charge in [-0.25, -0.2) is 0 Å². The first-order chi connectivity index (χ1) is 8.16. The average Bonchev–Trinajstić information content (AvgIpc) is 2.32. The van der Waals surface area contributed by atoms with Crippen LogP contribution in [0.3, 0.4) is 0 Å². The molecule has 0 spiro atoms. The van der Waals surface area contributed by atoms with Crippen molar-refractivity contribution in [2.75, 3.05) is 0 Å². The summed E-state index contributed by atoms with van der Waals surface area (Å²) in [5, 5.41) is 0. The van der Waals surface area contributed by atoms with Crippen molar-refractivity contribution in [3.63, 3.8) is 0 Å². The van der Waals surface area contributed by atoms with Gasteiger partial charge in [-0.05, 0) is 30.3 Å². The molecule has 0 bridgehead atoms. The van der Waals surface area contributed by atoms with E-state index in [9.17, 15) is 8.78 Å². The monoisotopic (exact) mass is 299 g/mol. The molecule has 2 nitrogen and oxygen atoms in total. The second-order valence-corrected chi connectivity index (χ2v) is 4.15. The SMILES string of the molecule is FC(F)Oc1ccc(Br)cc1-c1ccccn1. The number of rotatable bonds is 3. The lowest BCUT2D eigenvalue weighted by Gasteiger charge is -2.10. The van der Waals surface area contributed by atoms with Crippen molar-refractivity contribution in [3.8, 4) is 17.0 Å². The normalized spacial score (nSPS) is 10.6. The van der Waals surface area contributed by atoms with Crippen molar-refractivity contribution in [3.05, 3.63) is 47.1 Å². The fraction of sp³-hybridized carbons (Fsp3) is 0.0833. The highest BCUT2D eigenvalue weighted by molar-refractivity contribution is 9.10. The lowest BCUT2D eigenvalue weighted by Crippen LogP contribution is -2.03. The van der Waals surface area contributed by atoms with Gasteiger partial charge < -0.3 is 4.74 Å². The Hall–Kier alpha value is -1.49. The molecule has 88 valence electrons. The van der Waals surface area contributed by atoms with Gasteiger partial charge in [-0.2, -0.15) is 8.78 Å². The smallest absolute Gasteiger partial charge is 0.387 e. The number of nitrogens with zero attached hydrogens (tertiary/aromatic N) is 1. The molecule has 17 heavy (non-hydrogen) atoms. The Bertz CT molecular complexity index is 505. The Morgan fingerprint density at radius 1 is 1.18 bits per heavy atom. The summed E-state index contributed by atoms with van der Waals surface area (Å²) < 4.78 is 29.8. The van der Waals surface area contributed by atoms with Gasteiger partial charge in [-0.3, -0.25) is 4.98 Å². The molecule has 0 radical (unpaired) electrons. The number of ether oxygens (including phenoxy) is 1. The predicted molar refractivity (Wildman–Crippen MR) is 64.0 cm³/mol. The van der Waals surface area contributed by atoms with Crippen LogP contribution in [0.2, 0.25) is 0 Å². The van der Waals surface area contributed by atoms with Crippen molar-refractivity contribution in [1.29, 1.82) is 0 Å². The second kappa shape index (κ2) is 5.23. The van der Waals surface area contributed by atoms with Crippen molar-refractivity contribution in [2.24, 2.45) is 0 Å². The zero-order chi connectivity index (χ0) is 12.3. The van der Waals surface area contributed by atoms with E-state index < -0.39 is 6.61 Å². The Labute approximate surface area is 105 Å². The minimum Gasteiger partial charge on any atom is -0.434 e. The summed E-state index contributed by atoms with van der Waals surface area (Å²) >= 11 is 3.29. The van der Waals surface area contributed by atoms with Crippen LogP contribution >= 0.6 is 15.9 Å². The maximum atomic E-state index is 12.3. The van der Waals surface area contributed by atoms with Gasteiger partial charge >= 0.3 is 6.61 Å². The van der Waals surface area contributed by atoms with Crippen LogP contribution in [0.25, 0.3) is 11.3 Å². The van der Waals surface area contributed by atoms with Crippen molar-refractivity contribution in [1.82, 2.24) is 4.98 Å². The third-order valence-corrected chi connectivity index (χ3v) is 2.59. The molecule has 2 aromatic rings. The molecule has 0 amide bonds. The van der Waals surface area contributed by atoms with Crippen LogP contribution in [0, 0.1) is 0 Å². The molecule has 0 aliphatic carbocycles. The number of aromatic nitrogens is 1. The van der Waals surface area contributed by atoms with E-state index in [1.165, 1.54) is 6.07 Å². The van der Waals surface area contributed by atoms with Crippen molar-refractivity contribution >= 4 is 15.9 Å². The summed E-state index contributed by atoms with van der Waals surface area (Å²) in [6, 6.07) is 10.1. The lowest BCUT2D eigenvalue weighted by molar-refractivity contribution is -0.0494. The standard InChI is InChI=1S/C12H8BrF2NO/c13-8-4-5-11(17-12(14)15)9(7-8)10-3-1-2-6-16-10/h1-7,12H. The number of benzene rings is 1. The fourth-order valence-corrected chi connectivity index (χ4v) is 1.78. The molecular formula is C12H8BrF2NO. The van der Waals surface area contributed by atoms with Gasteiger partial charge in [0.15, 0.2) is 0 Å². The highest BCUT2D eigenvalue weighted by Gasteiger charge is 2.12. The third-order valence-electron chi connectivity index (χ3n) is 2.10. The second-order valence-electron chi connectivity index (χ2n) is 3.23. The minimum absolute atomic E-state index is 0.113. The molecule has 1 aromatic heterocycles. The largest absolute Gasteiger partial charge is 0.434 e. The third kappa shape index (κ3) is 3.00. The molecule has 0 saturated heterocycles. The number of hydrogen-bond acceptors (Lipinski definition) is 2. The van der Waals surface area contributed by atoms with Crippen LogP contribution in [0.4, 0.5) is 8.78 Å². The van der Waals surface area contributed by atoms with Crippen LogP contribution < -0.4 is 4.74 Å². The van der Waals surface area contributed by atoms with Gasteiger partial charge in [-0.1, -0.05) is 22.0 Å². The first-order valence-corrected chi connectivity index (χ1v) is 5.62. The van der Waals surface area contributed by atoms with E-state index in [2.05, 4.69) is 25.7 Å². The number of halogens is 3. The summed E-state index contributed by atoms with van der Waals surface area (Å²) in [5.41, 5.74) is 1.12. The summed E-state index contributed by atoms with van der Waals surface area (Å²) in [5.74, 6) is 0.113. The Morgan fingerprint density at radius 2 is 2.00 bits per heavy atom. The number of pyridine rings is 1. The average molecular weight is 300 g/mol. The molecule has 0 atom stereocenters. The molecule has 0 N–H and O–H groups in total. The van der Waals surface area contributed by atoms with Crippen LogP contribution in [0.15, 0.2) is 47.1 Å². The van der Waals surface area contributed by atoms with Crippen molar-refractivity contribution in [2.45, 2.75) is 6.61 Å². The molecule has 1 heterocycles. The maximum absolute atomic E-state index is 12.3. The quantitative estimate of drug-likeness (QED) is 0.851. The molecular weight excluding hydrogens is 292 g/mol. The summed E-state index contributed by atoms with van der Waals surface area (Å²) in [6.45, 7) is -2.85. The highest BCUT2D eigenvalue weighted by atomic mass is 79.9. The van der Waals surface area contributed by atoms with E-state index in [0.29, 0.717) is 11.3 Å². The predicted octanol–water partition coefficient (Wildman–Crippen LogP) is 4.11. The molecule has 0 aliphatic rings. The number of hydrogen-bond donors (Lipinski definition) is 0. The van der Waals surface area contributed by atoms with E-state index in [1.54, 1.807) is 36.5 Å². The van der Waals surface area contributed by atoms with Crippen LogP contribution in [0.1, 0.15) is 0 Å². The number of alkyl halides is 2. The molecule has 5 heteroatoms. The summed E-state index contributed by atoms with van der Waals surface area (Å²) in [7, 11) is 0. The van der Waals surface area contributed by atoms with Crippen LogP contribution in [0.5, 0.6) is 5.75 Å². The van der Waals surface area contributed by atoms with Gasteiger partial charge in [0.05, 0.1) is 5.69 Å². The van der Waals surface area contributed by atoms with E-state index in [1.807, 2.05) is 0 Å². The van der Waals surface area contributed by atoms with Gasteiger partial charge in [-0.15, -0.1) is 0 Å². The van der Waals surface area contributed by atoms with E-state index in [0.717, 1.165) is 4.47 Å². The summed E-state index contributed by atoms with van der Waals surface area (Å²) in [6.07, 6.45) is 1.60. The van der Waals surface area contributed by atoms with Crippen LogP contribution in [-0.2, 0) is 0 Å². The van der Waals surface area contributed by atoms with Gasteiger partial charge in [0.25, 0.3) is 0 Å². The molecule has 0 fully saturated rings. The highest BCUT2D eigenvalue weighted by Crippen LogP contribution is 2.32.